The molecule has 7 heteroatoms. The average Bonchev–Trinajstić information content (AvgIpc) is 2.54. The summed E-state index contributed by atoms with van der Waals surface area (Å²) < 4.78 is 13.5. The fourth-order valence-electron chi connectivity index (χ4n) is 2.78. The highest BCUT2D eigenvalue weighted by atomic mass is 19.1. The van der Waals surface area contributed by atoms with E-state index in [1.54, 1.807) is 19.9 Å². The molecule has 2 rings (SSSR count). The summed E-state index contributed by atoms with van der Waals surface area (Å²) in [6, 6.07) is 5.29. The molecule has 1 saturated heterocycles. The third-order valence-electron chi connectivity index (χ3n) is 3.97. The molecule has 0 spiro atoms. The van der Waals surface area contributed by atoms with Crippen LogP contribution in [0.25, 0.3) is 0 Å². The second-order valence-electron chi connectivity index (χ2n) is 5.54. The van der Waals surface area contributed by atoms with Crippen LogP contribution < -0.4 is 16.0 Å². The molecule has 2 unspecified atom stereocenters. The van der Waals surface area contributed by atoms with Gasteiger partial charge in [0.25, 0.3) is 0 Å². The number of carbonyl (C=O) groups excluding carboxylic acids is 2. The first-order valence-electron chi connectivity index (χ1n) is 7.83. The van der Waals surface area contributed by atoms with Crippen molar-refractivity contribution in [1.82, 2.24) is 20.9 Å². The molecule has 3 N–H and O–H groups in total. The summed E-state index contributed by atoms with van der Waals surface area (Å²) in [5.74, 6) is -0.660. The number of hydrogen-bond acceptors (Lipinski definition) is 4. The van der Waals surface area contributed by atoms with Crippen LogP contribution in [0, 0.1) is 5.82 Å². The van der Waals surface area contributed by atoms with Gasteiger partial charge in [0.05, 0.1) is 6.04 Å². The number of rotatable bonds is 4. The Balaban J connectivity index is 2.11. The van der Waals surface area contributed by atoms with Crippen LogP contribution in [-0.4, -0.2) is 49.1 Å². The van der Waals surface area contributed by atoms with Gasteiger partial charge in [-0.2, -0.15) is 0 Å². The number of halogens is 1. The van der Waals surface area contributed by atoms with E-state index in [1.807, 2.05) is 11.0 Å². The van der Waals surface area contributed by atoms with E-state index < -0.39 is 12.1 Å². The van der Waals surface area contributed by atoms with Crippen LogP contribution in [0.2, 0.25) is 0 Å². The molecule has 1 aromatic carbocycles. The largest absolute Gasteiger partial charge is 0.338 e. The Kier molecular flexibility index (Phi) is 6.06. The van der Waals surface area contributed by atoms with E-state index in [0.717, 1.165) is 12.1 Å². The van der Waals surface area contributed by atoms with E-state index >= 15 is 0 Å². The molecule has 23 heavy (non-hydrogen) atoms. The number of benzene rings is 1. The van der Waals surface area contributed by atoms with E-state index in [-0.39, 0.29) is 17.8 Å². The normalized spacial score (nSPS) is 19.9. The van der Waals surface area contributed by atoms with Crippen LogP contribution in [0.4, 0.5) is 9.18 Å². The minimum atomic E-state index is -0.498. The van der Waals surface area contributed by atoms with Crippen LogP contribution in [0.5, 0.6) is 0 Å². The average molecular weight is 322 g/mol. The van der Waals surface area contributed by atoms with Crippen molar-refractivity contribution < 1.29 is 14.0 Å². The smallest absolute Gasteiger partial charge is 0.321 e. The third-order valence-corrected chi connectivity index (χ3v) is 3.97. The summed E-state index contributed by atoms with van der Waals surface area (Å²) in [5.41, 5.74) is 0.815. The lowest BCUT2D eigenvalue weighted by Gasteiger charge is -2.39. The highest BCUT2D eigenvalue weighted by Crippen LogP contribution is 2.25. The molecule has 0 radical (unpaired) electrons. The summed E-state index contributed by atoms with van der Waals surface area (Å²) in [5, 5.41) is 8.13. The van der Waals surface area contributed by atoms with Gasteiger partial charge in [-0.1, -0.05) is 12.1 Å². The van der Waals surface area contributed by atoms with Crippen LogP contribution in [-0.2, 0) is 4.79 Å². The Labute approximate surface area is 135 Å². The number of hydrogen-bond donors (Lipinski definition) is 3. The third kappa shape index (κ3) is 4.49. The van der Waals surface area contributed by atoms with Crippen molar-refractivity contribution in [2.24, 2.45) is 0 Å². The van der Waals surface area contributed by atoms with Gasteiger partial charge in [-0.15, -0.1) is 0 Å². The Bertz CT molecular complexity index is 567. The fourth-order valence-corrected chi connectivity index (χ4v) is 2.78. The molecule has 3 amide bonds. The van der Waals surface area contributed by atoms with Crippen molar-refractivity contribution in [1.29, 1.82) is 0 Å². The lowest BCUT2D eigenvalue weighted by atomic mass is 10.0. The molecule has 6 nitrogen and oxygen atoms in total. The minimum absolute atomic E-state index is 0.116. The number of carbonyl (C=O) groups is 2. The van der Waals surface area contributed by atoms with E-state index in [1.165, 1.54) is 12.1 Å². The first kappa shape index (κ1) is 17.4. The summed E-state index contributed by atoms with van der Waals surface area (Å²) >= 11 is 0. The van der Waals surface area contributed by atoms with E-state index in [0.29, 0.717) is 19.6 Å². The van der Waals surface area contributed by atoms with Gasteiger partial charge in [-0.05, 0) is 31.5 Å². The van der Waals surface area contributed by atoms with E-state index in [2.05, 4.69) is 16.0 Å². The second-order valence-corrected chi connectivity index (χ2v) is 5.54. The maximum atomic E-state index is 13.5. The summed E-state index contributed by atoms with van der Waals surface area (Å²) in [7, 11) is 0. The Morgan fingerprint density at radius 2 is 2.26 bits per heavy atom. The number of nitrogens with one attached hydrogen (secondary N) is 3. The molecule has 1 aliphatic heterocycles. The zero-order chi connectivity index (χ0) is 16.8. The quantitative estimate of drug-likeness (QED) is 0.773. The zero-order valence-corrected chi connectivity index (χ0v) is 13.4. The zero-order valence-electron chi connectivity index (χ0n) is 13.4. The topological polar surface area (TPSA) is 73.5 Å². The van der Waals surface area contributed by atoms with Crippen molar-refractivity contribution in [2.75, 3.05) is 26.2 Å². The molecular formula is C16H23FN4O2. The van der Waals surface area contributed by atoms with Crippen molar-refractivity contribution in [3.05, 3.63) is 35.6 Å². The maximum absolute atomic E-state index is 13.5. The van der Waals surface area contributed by atoms with E-state index in [9.17, 15) is 14.0 Å². The minimum Gasteiger partial charge on any atom is -0.338 e. The number of piperazine rings is 1. The van der Waals surface area contributed by atoms with E-state index in [4.69, 9.17) is 0 Å². The summed E-state index contributed by atoms with van der Waals surface area (Å²) in [6.07, 6.45) is 0. The van der Waals surface area contributed by atoms with Crippen LogP contribution in [0.1, 0.15) is 25.5 Å². The number of imide groups is 1. The molecule has 126 valence electrons. The van der Waals surface area contributed by atoms with Gasteiger partial charge in [0.2, 0.25) is 5.91 Å². The monoisotopic (exact) mass is 322 g/mol. The van der Waals surface area contributed by atoms with Crippen molar-refractivity contribution in [2.45, 2.75) is 25.9 Å². The fraction of sp³-hybridized carbons (Fsp3) is 0.500. The van der Waals surface area contributed by atoms with Gasteiger partial charge >= 0.3 is 6.03 Å². The highest BCUT2D eigenvalue weighted by Gasteiger charge is 2.31. The molecule has 0 aromatic heterocycles. The van der Waals surface area contributed by atoms with Crippen LogP contribution >= 0.6 is 0 Å². The SMILES string of the molecule is CCNC(=O)NC(=O)C(C)N1CCNCC1c1cccc(F)c1. The number of urea groups is 1. The molecule has 0 saturated carbocycles. The van der Waals surface area contributed by atoms with Gasteiger partial charge in [-0.25, -0.2) is 9.18 Å². The maximum Gasteiger partial charge on any atom is 0.321 e. The molecule has 1 aliphatic rings. The van der Waals surface area contributed by atoms with Crippen LogP contribution in [0.3, 0.4) is 0 Å². The van der Waals surface area contributed by atoms with Gasteiger partial charge < -0.3 is 10.6 Å². The van der Waals surface area contributed by atoms with Crippen molar-refractivity contribution in [3.63, 3.8) is 0 Å². The molecule has 2 atom stereocenters. The lowest BCUT2D eigenvalue weighted by Crippen LogP contribution is -2.55. The first-order valence-corrected chi connectivity index (χ1v) is 7.83. The summed E-state index contributed by atoms with van der Waals surface area (Å²) in [6.45, 7) is 6.00. The van der Waals surface area contributed by atoms with Gasteiger partial charge in [-0.3, -0.25) is 15.0 Å². The lowest BCUT2D eigenvalue weighted by molar-refractivity contribution is -0.126. The number of amides is 3. The standard InChI is InChI=1S/C16H23FN4O2/c1-3-19-16(23)20-15(22)11(2)21-8-7-18-10-14(21)12-5-4-6-13(17)9-12/h4-6,9,11,14,18H,3,7-8,10H2,1-2H3,(H2,19,20,22,23). The Morgan fingerprint density at radius 1 is 1.48 bits per heavy atom. The molecule has 0 aliphatic carbocycles. The number of nitrogens with zero attached hydrogens (tertiary/aromatic N) is 1. The highest BCUT2D eigenvalue weighted by molar-refractivity contribution is 5.96. The molecule has 1 aromatic rings. The Hall–Kier alpha value is -1.99. The molecular weight excluding hydrogens is 299 g/mol. The van der Waals surface area contributed by atoms with Gasteiger partial charge in [0, 0.05) is 32.2 Å². The van der Waals surface area contributed by atoms with Gasteiger partial charge in [0.1, 0.15) is 5.82 Å². The van der Waals surface area contributed by atoms with Crippen LogP contribution in [0.15, 0.2) is 24.3 Å². The first-order chi connectivity index (χ1) is 11.0. The predicted molar refractivity (Wildman–Crippen MR) is 85.4 cm³/mol. The van der Waals surface area contributed by atoms with Crippen molar-refractivity contribution in [3.8, 4) is 0 Å². The Morgan fingerprint density at radius 3 is 2.96 bits per heavy atom. The predicted octanol–water partition coefficient (Wildman–Crippen LogP) is 1.01. The molecule has 0 bridgehead atoms. The second kappa shape index (κ2) is 8.03. The van der Waals surface area contributed by atoms with Gasteiger partial charge in [0.15, 0.2) is 0 Å². The molecule has 1 fully saturated rings. The molecule has 1 heterocycles. The van der Waals surface area contributed by atoms with Crippen molar-refractivity contribution >= 4 is 11.9 Å². The summed E-state index contributed by atoms with van der Waals surface area (Å²) in [4.78, 5) is 25.8.